The van der Waals surface area contributed by atoms with Crippen molar-refractivity contribution < 1.29 is 9.90 Å². The number of benzene rings is 1. The molecule has 1 aromatic carbocycles. The van der Waals surface area contributed by atoms with Crippen LogP contribution >= 0.6 is 11.6 Å². The fraction of sp³-hybridized carbons (Fsp3) is 0.333. The Balaban J connectivity index is 1.81. The molecule has 1 aliphatic heterocycles. The second-order valence-corrected chi connectivity index (χ2v) is 5.66. The molecule has 0 spiro atoms. The molecule has 0 aliphatic carbocycles. The van der Waals surface area contributed by atoms with E-state index in [0.29, 0.717) is 35.7 Å². The quantitative estimate of drug-likeness (QED) is 0.796. The van der Waals surface area contributed by atoms with Gasteiger partial charge in [0, 0.05) is 42.2 Å². The first-order chi connectivity index (χ1) is 10.1. The lowest BCUT2D eigenvalue weighted by Gasteiger charge is -2.14. The van der Waals surface area contributed by atoms with Gasteiger partial charge in [-0.25, -0.2) is 0 Å². The number of fused-ring (bicyclic) bond motifs is 1. The molecule has 1 amide bonds. The summed E-state index contributed by atoms with van der Waals surface area (Å²) in [5, 5.41) is 17.0. The minimum Gasteiger partial charge on any atom is -0.391 e. The molecule has 2 heterocycles. The zero-order valence-electron chi connectivity index (χ0n) is 11.3. The number of aliphatic hydroxyl groups excluding tert-OH is 1. The Bertz CT molecular complexity index is 677. The molecule has 2 aromatic rings. The molecular formula is C15H16ClN3O2. The maximum absolute atomic E-state index is 12.4. The van der Waals surface area contributed by atoms with Gasteiger partial charge in [-0.3, -0.25) is 9.78 Å². The lowest BCUT2D eigenvalue weighted by atomic mass is 10.1. The number of nitrogens with zero attached hydrogens (tertiary/aromatic N) is 1. The molecule has 5 nitrogen and oxygen atoms in total. The van der Waals surface area contributed by atoms with Gasteiger partial charge in [-0.15, -0.1) is 0 Å². The smallest absolute Gasteiger partial charge is 0.253 e. The molecule has 21 heavy (non-hydrogen) atoms. The van der Waals surface area contributed by atoms with E-state index in [1.165, 1.54) is 0 Å². The zero-order chi connectivity index (χ0) is 14.8. The molecule has 2 atom stereocenters. The van der Waals surface area contributed by atoms with E-state index >= 15 is 0 Å². The molecule has 110 valence electrons. The Labute approximate surface area is 127 Å². The summed E-state index contributed by atoms with van der Waals surface area (Å²) in [6, 6.07) is 7.08. The van der Waals surface area contributed by atoms with Gasteiger partial charge in [0.1, 0.15) is 0 Å². The zero-order valence-corrected chi connectivity index (χ0v) is 12.1. The molecule has 3 rings (SSSR count). The van der Waals surface area contributed by atoms with Crippen molar-refractivity contribution in [3.8, 4) is 0 Å². The lowest BCUT2D eigenvalue weighted by Crippen LogP contribution is -2.34. The van der Waals surface area contributed by atoms with Crippen molar-refractivity contribution in [1.29, 1.82) is 0 Å². The number of halogens is 1. The van der Waals surface area contributed by atoms with E-state index in [4.69, 9.17) is 11.6 Å². The van der Waals surface area contributed by atoms with Crippen LogP contribution in [0.2, 0.25) is 5.02 Å². The summed E-state index contributed by atoms with van der Waals surface area (Å²) < 4.78 is 0. The second kappa shape index (κ2) is 5.97. The molecular weight excluding hydrogens is 290 g/mol. The van der Waals surface area contributed by atoms with E-state index in [1.54, 1.807) is 24.4 Å². The average molecular weight is 306 g/mol. The molecule has 1 aromatic heterocycles. The standard InChI is InChI=1S/C15H16ClN3O2/c16-11-4-9-2-1-3-18-14(9)12(5-11)15(21)19-7-10-6-17-8-13(10)20/h1-5,10,13,17,20H,6-8H2,(H,19,21). The first-order valence-corrected chi connectivity index (χ1v) is 7.24. The van der Waals surface area contributed by atoms with Gasteiger partial charge in [-0.05, 0) is 18.2 Å². The van der Waals surface area contributed by atoms with Crippen LogP contribution in [0.5, 0.6) is 0 Å². The van der Waals surface area contributed by atoms with Crippen LogP contribution in [-0.4, -0.2) is 41.7 Å². The number of carbonyl (C=O) groups excluding carboxylic acids is 1. The molecule has 3 N–H and O–H groups in total. The van der Waals surface area contributed by atoms with Gasteiger partial charge < -0.3 is 15.7 Å². The number of amides is 1. The number of aromatic nitrogens is 1. The van der Waals surface area contributed by atoms with Gasteiger partial charge in [-0.1, -0.05) is 17.7 Å². The van der Waals surface area contributed by atoms with Crippen LogP contribution in [0.1, 0.15) is 10.4 Å². The SMILES string of the molecule is O=C(NCC1CNCC1O)c1cc(Cl)cc2cccnc12. The minimum absolute atomic E-state index is 0.0346. The van der Waals surface area contributed by atoms with Crippen molar-refractivity contribution in [3.05, 3.63) is 41.0 Å². The van der Waals surface area contributed by atoms with Crippen LogP contribution < -0.4 is 10.6 Å². The van der Waals surface area contributed by atoms with Gasteiger partial charge in [0.15, 0.2) is 0 Å². The highest BCUT2D eigenvalue weighted by Gasteiger charge is 2.25. The summed E-state index contributed by atoms with van der Waals surface area (Å²) in [5.41, 5.74) is 1.09. The van der Waals surface area contributed by atoms with Gasteiger partial charge in [0.2, 0.25) is 0 Å². The number of β-amino-alcohol motifs (C(OH)–C–C–N with tert-alkyl or cyclic N) is 1. The van der Waals surface area contributed by atoms with E-state index < -0.39 is 6.10 Å². The molecule has 0 bridgehead atoms. The van der Waals surface area contributed by atoms with E-state index in [-0.39, 0.29) is 11.8 Å². The van der Waals surface area contributed by atoms with Gasteiger partial charge in [0.25, 0.3) is 5.91 Å². The summed E-state index contributed by atoms with van der Waals surface area (Å²) in [6.45, 7) is 1.70. The Morgan fingerprint density at radius 2 is 2.33 bits per heavy atom. The first-order valence-electron chi connectivity index (χ1n) is 6.86. The van der Waals surface area contributed by atoms with Crippen molar-refractivity contribution in [2.45, 2.75) is 6.10 Å². The fourth-order valence-corrected chi connectivity index (χ4v) is 2.80. The van der Waals surface area contributed by atoms with E-state index in [2.05, 4.69) is 15.6 Å². The fourth-order valence-electron chi connectivity index (χ4n) is 2.58. The number of hydrogen-bond donors (Lipinski definition) is 3. The van der Waals surface area contributed by atoms with Gasteiger partial charge >= 0.3 is 0 Å². The maximum Gasteiger partial charge on any atom is 0.253 e. The highest BCUT2D eigenvalue weighted by molar-refractivity contribution is 6.32. The van der Waals surface area contributed by atoms with Crippen molar-refractivity contribution in [3.63, 3.8) is 0 Å². The maximum atomic E-state index is 12.4. The normalized spacial score (nSPS) is 21.6. The number of nitrogens with one attached hydrogen (secondary N) is 2. The highest BCUT2D eigenvalue weighted by atomic mass is 35.5. The van der Waals surface area contributed by atoms with Crippen LogP contribution in [-0.2, 0) is 0 Å². The molecule has 6 heteroatoms. The Kier molecular flexibility index (Phi) is 4.05. The number of carbonyl (C=O) groups is 1. The van der Waals surface area contributed by atoms with Crippen LogP contribution in [0.4, 0.5) is 0 Å². The lowest BCUT2D eigenvalue weighted by molar-refractivity contribution is 0.0928. The number of hydrogen-bond acceptors (Lipinski definition) is 4. The molecule has 1 aliphatic rings. The average Bonchev–Trinajstić information content (AvgIpc) is 2.89. The van der Waals surface area contributed by atoms with Crippen molar-refractivity contribution >= 4 is 28.4 Å². The monoisotopic (exact) mass is 305 g/mol. The molecule has 1 fully saturated rings. The highest BCUT2D eigenvalue weighted by Crippen LogP contribution is 2.22. The summed E-state index contributed by atoms with van der Waals surface area (Å²) in [7, 11) is 0. The van der Waals surface area contributed by atoms with Crippen LogP contribution in [0.3, 0.4) is 0 Å². The number of pyridine rings is 1. The first kappa shape index (κ1) is 14.3. The molecule has 0 radical (unpaired) electrons. The van der Waals surface area contributed by atoms with Crippen LogP contribution in [0, 0.1) is 5.92 Å². The summed E-state index contributed by atoms with van der Waals surface area (Å²) in [5.74, 6) is -0.187. The summed E-state index contributed by atoms with van der Waals surface area (Å²) in [6.07, 6.45) is 1.23. The second-order valence-electron chi connectivity index (χ2n) is 5.22. The van der Waals surface area contributed by atoms with Crippen molar-refractivity contribution in [2.24, 2.45) is 5.92 Å². The van der Waals surface area contributed by atoms with E-state index in [9.17, 15) is 9.90 Å². The predicted molar refractivity (Wildman–Crippen MR) is 81.5 cm³/mol. The van der Waals surface area contributed by atoms with Crippen LogP contribution in [0.25, 0.3) is 10.9 Å². The number of rotatable bonds is 3. The van der Waals surface area contributed by atoms with Crippen molar-refractivity contribution in [1.82, 2.24) is 15.6 Å². The third-order valence-electron chi connectivity index (χ3n) is 3.74. The molecule has 0 saturated carbocycles. The predicted octanol–water partition coefficient (Wildman–Crippen LogP) is 1.20. The van der Waals surface area contributed by atoms with Crippen molar-refractivity contribution in [2.75, 3.05) is 19.6 Å². The van der Waals surface area contributed by atoms with E-state index in [0.717, 1.165) is 5.39 Å². The van der Waals surface area contributed by atoms with Gasteiger partial charge in [-0.2, -0.15) is 0 Å². The Morgan fingerprint density at radius 3 is 3.10 bits per heavy atom. The summed E-state index contributed by atoms with van der Waals surface area (Å²) in [4.78, 5) is 16.6. The van der Waals surface area contributed by atoms with Crippen LogP contribution in [0.15, 0.2) is 30.5 Å². The van der Waals surface area contributed by atoms with Gasteiger partial charge in [0.05, 0.1) is 17.2 Å². The minimum atomic E-state index is -0.417. The molecule has 2 unspecified atom stereocenters. The Morgan fingerprint density at radius 1 is 1.48 bits per heavy atom. The van der Waals surface area contributed by atoms with E-state index in [1.807, 2.05) is 6.07 Å². The third kappa shape index (κ3) is 3.00. The summed E-state index contributed by atoms with van der Waals surface area (Å²) >= 11 is 6.06. The largest absolute Gasteiger partial charge is 0.391 e. The third-order valence-corrected chi connectivity index (χ3v) is 3.96. The number of aliphatic hydroxyl groups is 1. The topological polar surface area (TPSA) is 74.2 Å². The molecule has 1 saturated heterocycles. The Hall–Kier alpha value is -1.69.